The molecule has 2 N–H and O–H groups in total. The van der Waals surface area contributed by atoms with Gasteiger partial charge in [0.15, 0.2) is 0 Å². The second kappa shape index (κ2) is 5.76. The number of carboxylic acid groups (broad SMARTS) is 1. The van der Waals surface area contributed by atoms with Crippen LogP contribution in [0.1, 0.15) is 12.5 Å². The monoisotopic (exact) mass is 271 g/mol. The molecule has 1 unspecified atom stereocenters. The third-order valence-electron chi connectivity index (χ3n) is 2.53. The van der Waals surface area contributed by atoms with E-state index in [-0.39, 0.29) is 6.54 Å². The van der Waals surface area contributed by atoms with Gasteiger partial charge in [0.05, 0.1) is 6.54 Å². The summed E-state index contributed by atoms with van der Waals surface area (Å²) in [6.07, 6.45) is -4.90. The first-order valence-corrected chi connectivity index (χ1v) is 5.36. The second-order valence-corrected chi connectivity index (χ2v) is 3.95. The predicted molar refractivity (Wildman–Crippen MR) is 63.4 cm³/mol. The van der Waals surface area contributed by atoms with Gasteiger partial charge in [-0.3, -0.25) is 5.32 Å². The molecule has 3 nitrogen and oxygen atoms in total. The molecule has 6 heteroatoms. The molecule has 0 saturated heterocycles. The summed E-state index contributed by atoms with van der Waals surface area (Å²) in [5.74, 6) is 3.11. The van der Waals surface area contributed by atoms with Crippen LogP contribution in [-0.2, 0) is 4.79 Å². The van der Waals surface area contributed by atoms with Crippen LogP contribution in [0.4, 0.5) is 13.2 Å². The number of halogens is 3. The molecular weight excluding hydrogens is 259 g/mol. The van der Waals surface area contributed by atoms with Crippen molar-refractivity contribution in [2.24, 2.45) is 0 Å². The van der Waals surface area contributed by atoms with E-state index in [1.807, 2.05) is 5.32 Å². The van der Waals surface area contributed by atoms with Crippen molar-refractivity contribution in [3.05, 3.63) is 35.9 Å². The molecule has 0 saturated carbocycles. The minimum absolute atomic E-state index is 0.378. The van der Waals surface area contributed by atoms with Gasteiger partial charge in [-0.05, 0) is 19.1 Å². The average Bonchev–Trinajstić information content (AvgIpc) is 2.34. The summed E-state index contributed by atoms with van der Waals surface area (Å²) >= 11 is 0. The molecule has 0 aliphatic rings. The van der Waals surface area contributed by atoms with E-state index in [9.17, 15) is 18.0 Å². The van der Waals surface area contributed by atoms with E-state index in [1.165, 1.54) is 0 Å². The first-order chi connectivity index (χ1) is 8.77. The molecule has 0 spiro atoms. The smallest absolute Gasteiger partial charge is 0.417 e. The van der Waals surface area contributed by atoms with Crippen molar-refractivity contribution < 1.29 is 23.1 Å². The van der Waals surface area contributed by atoms with E-state index in [4.69, 9.17) is 5.11 Å². The van der Waals surface area contributed by atoms with Gasteiger partial charge >= 0.3 is 12.1 Å². The van der Waals surface area contributed by atoms with E-state index in [0.29, 0.717) is 12.5 Å². The fourth-order valence-corrected chi connectivity index (χ4v) is 1.19. The van der Waals surface area contributed by atoms with Gasteiger partial charge in [0.2, 0.25) is 5.54 Å². The highest BCUT2D eigenvalue weighted by atomic mass is 19.4. The Morgan fingerprint density at radius 2 is 1.89 bits per heavy atom. The van der Waals surface area contributed by atoms with Crippen LogP contribution in [0, 0.1) is 11.8 Å². The van der Waals surface area contributed by atoms with E-state index in [2.05, 4.69) is 11.8 Å². The standard InChI is InChI=1S/C13H12F3NO2/c1-12(11(18)19,13(14,15)16)17-9-5-8-10-6-3-2-4-7-10/h2-4,6-7,17H,9H2,1H3,(H,18,19). The fraction of sp³-hybridized carbons (Fsp3) is 0.308. The third kappa shape index (κ3) is 3.73. The molecule has 1 atom stereocenters. The summed E-state index contributed by atoms with van der Waals surface area (Å²) in [7, 11) is 0. The Balaban J connectivity index is 2.70. The molecule has 0 fully saturated rings. The zero-order chi connectivity index (χ0) is 14.5. The Labute approximate surface area is 108 Å². The topological polar surface area (TPSA) is 49.3 Å². The Morgan fingerprint density at radius 1 is 1.32 bits per heavy atom. The SMILES string of the molecule is CC(NCC#Cc1ccccc1)(C(=O)O)C(F)(F)F. The highest BCUT2D eigenvalue weighted by Gasteiger charge is 2.56. The van der Waals surface area contributed by atoms with Crippen molar-refractivity contribution in [2.75, 3.05) is 6.54 Å². The lowest BCUT2D eigenvalue weighted by Gasteiger charge is -2.27. The minimum Gasteiger partial charge on any atom is -0.480 e. The van der Waals surface area contributed by atoms with Crippen LogP contribution in [0.25, 0.3) is 0 Å². The Morgan fingerprint density at radius 3 is 2.37 bits per heavy atom. The molecule has 0 radical (unpaired) electrons. The van der Waals surface area contributed by atoms with Crippen LogP contribution in [0.3, 0.4) is 0 Å². The highest BCUT2D eigenvalue weighted by Crippen LogP contribution is 2.30. The Bertz CT molecular complexity index is 502. The normalized spacial score (nSPS) is 14.1. The number of hydrogen-bond acceptors (Lipinski definition) is 2. The molecule has 0 aliphatic carbocycles. The number of benzene rings is 1. The van der Waals surface area contributed by atoms with Gasteiger partial charge in [0, 0.05) is 5.56 Å². The van der Waals surface area contributed by atoms with Gasteiger partial charge in [-0.15, -0.1) is 0 Å². The number of alkyl halides is 3. The van der Waals surface area contributed by atoms with Crippen LogP contribution >= 0.6 is 0 Å². The Hall–Kier alpha value is -2.00. The largest absolute Gasteiger partial charge is 0.480 e. The lowest BCUT2D eigenvalue weighted by molar-refractivity contribution is -0.205. The maximum Gasteiger partial charge on any atom is 0.417 e. The van der Waals surface area contributed by atoms with Gasteiger partial charge in [0.1, 0.15) is 0 Å². The van der Waals surface area contributed by atoms with Crippen molar-refractivity contribution in [1.82, 2.24) is 5.32 Å². The zero-order valence-electron chi connectivity index (χ0n) is 10.1. The number of carboxylic acids is 1. The minimum atomic E-state index is -4.90. The van der Waals surface area contributed by atoms with Crippen LogP contribution in [0.15, 0.2) is 30.3 Å². The van der Waals surface area contributed by atoms with Crippen molar-refractivity contribution in [3.8, 4) is 11.8 Å². The number of hydrogen-bond donors (Lipinski definition) is 2. The van der Waals surface area contributed by atoms with E-state index >= 15 is 0 Å². The molecule has 0 amide bonds. The Kier molecular flexibility index (Phi) is 4.57. The van der Waals surface area contributed by atoms with Gasteiger partial charge in [-0.2, -0.15) is 13.2 Å². The molecule has 0 bridgehead atoms. The summed E-state index contributed by atoms with van der Waals surface area (Å²) in [5, 5.41) is 10.6. The predicted octanol–water partition coefficient (Wildman–Crippen LogP) is 2.03. The first-order valence-electron chi connectivity index (χ1n) is 5.36. The first kappa shape index (κ1) is 15.1. The number of carbonyl (C=O) groups is 1. The lowest BCUT2D eigenvalue weighted by atomic mass is 10.0. The van der Waals surface area contributed by atoms with Crippen molar-refractivity contribution >= 4 is 5.97 Å². The van der Waals surface area contributed by atoms with E-state index in [1.54, 1.807) is 30.3 Å². The van der Waals surface area contributed by atoms with Gasteiger partial charge in [-0.1, -0.05) is 30.0 Å². The zero-order valence-corrected chi connectivity index (χ0v) is 10.1. The summed E-state index contributed by atoms with van der Waals surface area (Å²) in [6.45, 7) is 0.191. The second-order valence-electron chi connectivity index (χ2n) is 3.95. The van der Waals surface area contributed by atoms with Crippen molar-refractivity contribution in [1.29, 1.82) is 0 Å². The van der Waals surface area contributed by atoms with Crippen LogP contribution in [0.5, 0.6) is 0 Å². The maximum absolute atomic E-state index is 12.6. The molecule has 0 aliphatic heterocycles. The molecule has 102 valence electrons. The van der Waals surface area contributed by atoms with Gasteiger partial charge < -0.3 is 5.11 Å². The van der Waals surface area contributed by atoms with Gasteiger partial charge in [0.25, 0.3) is 0 Å². The van der Waals surface area contributed by atoms with Crippen LogP contribution in [-0.4, -0.2) is 29.3 Å². The van der Waals surface area contributed by atoms with E-state index < -0.39 is 17.7 Å². The van der Waals surface area contributed by atoms with Crippen LogP contribution in [0.2, 0.25) is 0 Å². The van der Waals surface area contributed by atoms with Crippen LogP contribution < -0.4 is 5.32 Å². The highest BCUT2D eigenvalue weighted by molar-refractivity contribution is 5.79. The number of nitrogens with one attached hydrogen (secondary N) is 1. The molecule has 1 aromatic carbocycles. The van der Waals surface area contributed by atoms with Crippen molar-refractivity contribution in [2.45, 2.75) is 18.6 Å². The molecule has 19 heavy (non-hydrogen) atoms. The summed E-state index contributed by atoms with van der Waals surface area (Å²) < 4.78 is 37.8. The summed E-state index contributed by atoms with van der Waals surface area (Å²) in [6, 6.07) is 8.68. The molecule has 0 heterocycles. The molecular formula is C13H12F3NO2. The summed E-state index contributed by atoms with van der Waals surface area (Å²) in [5.41, 5.74) is -2.36. The quantitative estimate of drug-likeness (QED) is 0.827. The molecule has 1 rings (SSSR count). The lowest BCUT2D eigenvalue weighted by Crippen LogP contribution is -2.60. The average molecular weight is 271 g/mol. The number of rotatable bonds is 3. The van der Waals surface area contributed by atoms with Crippen molar-refractivity contribution in [3.63, 3.8) is 0 Å². The molecule has 1 aromatic rings. The van der Waals surface area contributed by atoms with E-state index in [0.717, 1.165) is 0 Å². The number of aliphatic carboxylic acids is 1. The fourth-order valence-electron chi connectivity index (χ4n) is 1.19. The van der Waals surface area contributed by atoms with Gasteiger partial charge in [-0.25, -0.2) is 4.79 Å². The maximum atomic E-state index is 12.6. The third-order valence-corrected chi connectivity index (χ3v) is 2.53. The molecule has 0 aromatic heterocycles. The summed E-state index contributed by atoms with van der Waals surface area (Å²) in [4.78, 5) is 10.7.